The number of hydrogen-bond acceptors (Lipinski definition) is 7. The van der Waals surface area contributed by atoms with Gasteiger partial charge in [0, 0.05) is 6.54 Å². The van der Waals surface area contributed by atoms with Crippen molar-refractivity contribution < 1.29 is 34.2 Å². The number of nitrogens with zero attached hydrogens (tertiary/aromatic N) is 1. The van der Waals surface area contributed by atoms with E-state index in [1.54, 1.807) is 12.1 Å². The molecule has 1 aromatic carbocycles. The summed E-state index contributed by atoms with van der Waals surface area (Å²) in [5.74, 6) is -3.96. The van der Waals surface area contributed by atoms with E-state index < -0.39 is 60.2 Å². The van der Waals surface area contributed by atoms with Crippen molar-refractivity contribution in [1.82, 2.24) is 15.5 Å². The third kappa shape index (κ3) is 8.22. The Labute approximate surface area is 209 Å². The number of carbonyl (C=O) groups is 5. The molecule has 0 unspecified atom stereocenters. The van der Waals surface area contributed by atoms with Gasteiger partial charge in [0.1, 0.15) is 23.9 Å². The minimum Gasteiger partial charge on any atom is -0.508 e. The van der Waals surface area contributed by atoms with Crippen LogP contribution in [0.25, 0.3) is 0 Å². The van der Waals surface area contributed by atoms with Crippen LogP contribution >= 0.6 is 0 Å². The Morgan fingerprint density at radius 2 is 1.67 bits per heavy atom. The molecule has 12 heteroatoms. The zero-order chi connectivity index (χ0) is 27.0. The number of phenols is 1. The third-order valence-corrected chi connectivity index (χ3v) is 5.91. The molecule has 1 heterocycles. The highest BCUT2D eigenvalue weighted by Crippen LogP contribution is 2.20. The second kappa shape index (κ2) is 12.9. The smallest absolute Gasteiger partial charge is 0.326 e. The Morgan fingerprint density at radius 1 is 1.06 bits per heavy atom. The summed E-state index contributed by atoms with van der Waals surface area (Å²) in [6.45, 7) is 3.94. The van der Waals surface area contributed by atoms with Gasteiger partial charge >= 0.3 is 5.97 Å². The van der Waals surface area contributed by atoms with Crippen molar-refractivity contribution in [3.8, 4) is 5.75 Å². The summed E-state index contributed by atoms with van der Waals surface area (Å²) < 4.78 is 0. The number of nitrogens with one attached hydrogen (secondary N) is 2. The van der Waals surface area contributed by atoms with Gasteiger partial charge in [-0.3, -0.25) is 19.2 Å². The first-order valence-electron chi connectivity index (χ1n) is 11.8. The van der Waals surface area contributed by atoms with Crippen LogP contribution in [0.3, 0.4) is 0 Å². The van der Waals surface area contributed by atoms with Crippen LogP contribution in [0.4, 0.5) is 0 Å². The number of carboxylic acids is 1. The Morgan fingerprint density at radius 3 is 2.22 bits per heavy atom. The number of rotatable bonds is 12. The molecule has 1 saturated heterocycles. The van der Waals surface area contributed by atoms with Crippen molar-refractivity contribution in [1.29, 1.82) is 0 Å². The standard InChI is InChI=1S/C24H35N5O7/c1-13(2)10-18(23(34)29-9-3-4-19(29)24(35)36)28-22(33)17(12-20(26)31)27-21(32)16(25)11-14-5-7-15(30)8-6-14/h5-8,13,16-19,30H,3-4,9-12,25H2,1-2H3,(H2,26,31)(H,27,32)(H,28,33)(H,35,36)/t16-,17-,18-,19-/m0/s1. The van der Waals surface area contributed by atoms with Gasteiger partial charge in [0.25, 0.3) is 0 Å². The van der Waals surface area contributed by atoms with E-state index in [1.165, 1.54) is 17.0 Å². The highest BCUT2D eigenvalue weighted by atomic mass is 16.4. The fraction of sp³-hybridized carbons (Fsp3) is 0.542. The van der Waals surface area contributed by atoms with Crippen molar-refractivity contribution in [3.63, 3.8) is 0 Å². The lowest BCUT2D eigenvalue weighted by molar-refractivity contribution is -0.149. The monoisotopic (exact) mass is 505 g/mol. The molecule has 0 bridgehead atoms. The number of amides is 4. The van der Waals surface area contributed by atoms with Crippen LogP contribution in [0, 0.1) is 5.92 Å². The average Bonchev–Trinajstić information content (AvgIpc) is 3.28. The number of hydrogen-bond donors (Lipinski definition) is 6. The van der Waals surface area contributed by atoms with Crippen LogP contribution in [0.1, 0.15) is 45.1 Å². The molecular weight excluding hydrogens is 470 g/mol. The van der Waals surface area contributed by atoms with E-state index in [0.717, 1.165) is 0 Å². The Hall–Kier alpha value is -3.67. The lowest BCUT2D eigenvalue weighted by Gasteiger charge is -2.29. The fourth-order valence-corrected chi connectivity index (χ4v) is 4.12. The van der Waals surface area contributed by atoms with E-state index in [9.17, 15) is 34.2 Å². The SMILES string of the molecule is CC(C)C[C@H](NC(=O)[C@H](CC(N)=O)NC(=O)[C@@H](N)Cc1ccc(O)cc1)C(=O)N1CCC[C@H]1C(=O)O. The number of aromatic hydroxyl groups is 1. The number of phenolic OH excluding ortho intramolecular Hbond substituents is 1. The number of benzene rings is 1. The van der Waals surface area contributed by atoms with Crippen LogP contribution in [0.2, 0.25) is 0 Å². The van der Waals surface area contributed by atoms with Crippen LogP contribution < -0.4 is 22.1 Å². The largest absolute Gasteiger partial charge is 0.508 e. The predicted molar refractivity (Wildman–Crippen MR) is 129 cm³/mol. The highest BCUT2D eigenvalue weighted by molar-refractivity contribution is 5.96. The molecule has 1 aliphatic heterocycles. The number of carboxylic acid groups (broad SMARTS) is 1. The van der Waals surface area contributed by atoms with E-state index >= 15 is 0 Å². The summed E-state index contributed by atoms with van der Waals surface area (Å²) in [6, 6.07) is 1.64. The maximum Gasteiger partial charge on any atom is 0.326 e. The second-order valence-corrected chi connectivity index (χ2v) is 9.43. The normalized spacial score (nSPS) is 17.8. The molecule has 2 rings (SSSR count). The zero-order valence-corrected chi connectivity index (χ0v) is 20.5. The van der Waals surface area contributed by atoms with Gasteiger partial charge in [-0.1, -0.05) is 26.0 Å². The first-order chi connectivity index (χ1) is 16.9. The summed E-state index contributed by atoms with van der Waals surface area (Å²) >= 11 is 0. The Bertz CT molecular complexity index is 966. The van der Waals surface area contributed by atoms with Gasteiger partial charge in [-0.15, -0.1) is 0 Å². The van der Waals surface area contributed by atoms with Crippen molar-refractivity contribution in [2.45, 2.75) is 70.1 Å². The molecule has 12 nitrogen and oxygen atoms in total. The maximum atomic E-state index is 13.2. The van der Waals surface area contributed by atoms with Crippen molar-refractivity contribution in [3.05, 3.63) is 29.8 Å². The minimum atomic E-state index is -1.38. The minimum absolute atomic E-state index is 0.0203. The molecule has 1 aromatic rings. The summed E-state index contributed by atoms with van der Waals surface area (Å²) in [5, 5.41) is 23.8. The molecule has 8 N–H and O–H groups in total. The predicted octanol–water partition coefficient (Wildman–Crippen LogP) is -0.771. The Kier molecular flexibility index (Phi) is 10.2. The summed E-state index contributed by atoms with van der Waals surface area (Å²) in [5.41, 5.74) is 11.9. The highest BCUT2D eigenvalue weighted by Gasteiger charge is 2.38. The zero-order valence-electron chi connectivity index (χ0n) is 20.5. The van der Waals surface area contributed by atoms with Crippen LogP contribution in [-0.4, -0.2) is 75.4 Å². The molecule has 4 amide bonds. The lowest BCUT2D eigenvalue weighted by atomic mass is 10.0. The molecule has 0 saturated carbocycles. The number of aliphatic carboxylic acids is 1. The van der Waals surface area contributed by atoms with Crippen molar-refractivity contribution in [2.75, 3.05) is 6.54 Å². The maximum absolute atomic E-state index is 13.2. The van der Waals surface area contributed by atoms with Gasteiger partial charge in [-0.2, -0.15) is 0 Å². The third-order valence-electron chi connectivity index (χ3n) is 5.91. The van der Waals surface area contributed by atoms with Crippen LogP contribution in [-0.2, 0) is 30.4 Å². The molecule has 0 aliphatic carbocycles. The number of likely N-dealkylation sites (tertiary alicyclic amines) is 1. The van der Waals surface area contributed by atoms with Gasteiger partial charge in [-0.05, 0) is 49.3 Å². The number of primary amides is 1. The topological polar surface area (TPSA) is 205 Å². The van der Waals surface area contributed by atoms with E-state index in [0.29, 0.717) is 18.4 Å². The first-order valence-corrected chi connectivity index (χ1v) is 11.8. The van der Waals surface area contributed by atoms with Gasteiger partial charge in [0.2, 0.25) is 23.6 Å². The lowest BCUT2D eigenvalue weighted by Crippen LogP contribution is -2.58. The van der Waals surface area contributed by atoms with E-state index in [2.05, 4.69) is 10.6 Å². The molecule has 0 aromatic heterocycles. The van der Waals surface area contributed by atoms with Gasteiger partial charge in [0.05, 0.1) is 12.5 Å². The van der Waals surface area contributed by atoms with Crippen molar-refractivity contribution >= 4 is 29.6 Å². The quantitative estimate of drug-likeness (QED) is 0.212. The summed E-state index contributed by atoms with van der Waals surface area (Å²) in [7, 11) is 0. The molecule has 0 radical (unpaired) electrons. The summed E-state index contributed by atoms with van der Waals surface area (Å²) in [6.07, 6.45) is 0.669. The first kappa shape index (κ1) is 28.6. The molecule has 0 spiro atoms. The van der Waals surface area contributed by atoms with E-state index in [1.807, 2.05) is 13.8 Å². The van der Waals surface area contributed by atoms with E-state index in [-0.39, 0.29) is 31.1 Å². The summed E-state index contributed by atoms with van der Waals surface area (Å²) in [4.78, 5) is 63.3. The fourth-order valence-electron chi connectivity index (χ4n) is 4.12. The molecule has 198 valence electrons. The van der Waals surface area contributed by atoms with Crippen LogP contribution in [0.15, 0.2) is 24.3 Å². The van der Waals surface area contributed by atoms with Gasteiger partial charge < -0.3 is 37.2 Å². The molecule has 1 aliphatic rings. The van der Waals surface area contributed by atoms with E-state index in [4.69, 9.17) is 11.5 Å². The molecule has 1 fully saturated rings. The van der Waals surface area contributed by atoms with Crippen molar-refractivity contribution in [2.24, 2.45) is 17.4 Å². The number of nitrogens with two attached hydrogens (primary N) is 2. The molecule has 36 heavy (non-hydrogen) atoms. The average molecular weight is 506 g/mol. The number of carbonyl (C=O) groups excluding carboxylic acids is 4. The molecule has 4 atom stereocenters. The second-order valence-electron chi connectivity index (χ2n) is 9.43. The van der Waals surface area contributed by atoms with Gasteiger partial charge in [0.15, 0.2) is 0 Å². The van der Waals surface area contributed by atoms with Gasteiger partial charge in [-0.25, -0.2) is 4.79 Å². The van der Waals surface area contributed by atoms with Crippen LogP contribution in [0.5, 0.6) is 5.75 Å². The Balaban J connectivity index is 2.13. The molecular formula is C24H35N5O7.